The van der Waals surface area contributed by atoms with E-state index in [-0.39, 0.29) is 0 Å². The molecule has 1 fully saturated rings. The highest BCUT2D eigenvalue weighted by Crippen LogP contribution is 2.22. The molecule has 0 aliphatic carbocycles. The molecule has 108 valence electrons. The van der Waals surface area contributed by atoms with Crippen LogP contribution in [0.25, 0.3) is 0 Å². The maximum atomic E-state index is 4.79. The van der Waals surface area contributed by atoms with Crippen LogP contribution in [0, 0.1) is 0 Å². The van der Waals surface area contributed by atoms with Gasteiger partial charge in [0.05, 0.1) is 10.7 Å². The fraction of sp³-hybridized carbons (Fsp3) is 0.800. The molecule has 0 unspecified atom stereocenters. The molecule has 4 heteroatoms. The Hall–Kier alpha value is -0.450. The van der Waals surface area contributed by atoms with Crippen molar-refractivity contribution in [1.29, 1.82) is 0 Å². The van der Waals surface area contributed by atoms with Crippen LogP contribution in [0.5, 0.6) is 0 Å². The largest absolute Gasteiger partial charge is 0.317 e. The molecule has 1 aromatic rings. The molecule has 0 radical (unpaired) electrons. The van der Waals surface area contributed by atoms with Gasteiger partial charge in [-0.1, -0.05) is 20.8 Å². The monoisotopic (exact) mass is 281 g/mol. The molecule has 1 aliphatic heterocycles. The molecule has 3 nitrogen and oxygen atoms in total. The normalized spacial score (nSPS) is 17.5. The van der Waals surface area contributed by atoms with Crippen molar-refractivity contribution in [1.82, 2.24) is 15.2 Å². The van der Waals surface area contributed by atoms with Crippen LogP contribution in [0.3, 0.4) is 0 Å². The first-order chi connectivity index (χ1) is 9.20. The molecule has 0 atom stereocenters. The fourth-order valence-corrected chi connectivity index (χ4v) is 3.54. The summed E-state index contributed by atoms with van der Waals surface area (Å²) < 4.78 is 0. The Morgan fingerprint density at radius 3 is 2.74 bits per heavy atom. The smallest absolute Gasteiger partial charge is 0.0954 e. The first-order valence-corrected chi connectivity index (χ1v) is 8.47. The van der Waals surface area contributed by atoms with Gasteiger partial charge < -0.3 is 5.32 Å². The molecule has 0 amide bonds. The molecule has 1 N–H and O–H groups in total. The van der Waals surface area contributed by atoms with Crippen molar-refractivity contribution in [3.63, 3.8) is 0 Å². The average Bonchev–Trinajstić information content (AvgIpc) is 2.88. The third kappa shape index (κ3) is 4.26. The number of nitrogens with one attached hydrogen (secondary N) is 1. The second-order valence-corrected chi connectivity index (χ2v) is 6.67. The zero-order valence-electron chi connectivity index (χ0n) is 12.5. The van der Waals surface area contributed by atoms with E-state index in [9.17, 15) is 0 Å². The van der Waals surface area contributed by atoms with E-state index in [2.05, 4.69) is 36.4 Å². The van der Waals surface area contributed by atoms with Crippen molar-refractivity contribution >= 4 is 11.3 Å². The van der Waals surface area contributed by atoms with E-state index < -0.39 is 0 Å². The predicted molar refractivity (Wildman–Crippen MR) is 82.8 cm³/mol. The van der Waals surface area contributed by atoms with E-state index in [1.165, 1.54) is 49.6 Å². The van der Waals surface area contributed by atoms with E-state index >= 15 is 0 Å². The summed E-state index contributed by atoms with van der Waals surface area (Å²) in [6.07, 6.45) is 3.79. The number of rotatable bonds is 6. The summed E-state index contributed by atoms with van der Waals surface area (Å²) in [6.45, 7) is 11.3. The van der Waals surface area contributed by atoms with Crippen molar-refractivity contribution in [2.75, 3.05) is 19.6 Å². The topological polar surface area (TPSA) is 28.2 Å². The van der Waals surface area contributed by atoms with Crippen LogP contribution in [0.4, 0.5) is 0 Å². The number of piperidine rings is 1. The summed E-state index contributed by atoms with van der Waals surface area (Å²) in [4.78, 5) is 7.43. The average molecular weight is 281 g/mol. The van der Waals surface area contributed by atoms with E-state index in [1.54, 1.807) is 0 Å². The molecule has 1 aromatic heterocycles. The lowest BCUT2D eigenvalue weighted by molar-refractivity contribution is 0.152. The predicted octanol–water partition coefficient (Wildman–Crippen LogP) is 3.23. The summed E-state index contributed by atoms with van der Waals surface area (Å²) in [5.41, 5.74) is 1.26. The van der Waals surface area contributed by atoms with Gasteiger partial charge in [-0.3, -0.25) is 4.90 Å². The molecule has 0 saturated carbocycles. The summed E-state index contributed by atoms with van der Waals surface area (Å²) in [5.74, 6) is 0.553. The second kappa shape index (κ2) is 7.36. The molecule has 0 bridgehead atoms. The lowest BCUT2D eigenvalue weighted by atomic mass is 10.0. The standard InChI is InChI=1S/C15H27N3S/c1-4-9-18(14-5-7-16-8-6-14)10-13-11-19-15(17-13)12(2)3/h11-12,14,16H,4-10H2,1-3H3. The Morgan fingerprint density at radius 1 is 1.42 bits per heavy atom. The molecule has 1 saturated heterocycles. The van der Waals surface area contributed by atoms with Crippen molar-refractivity contribution < 1.29 is 0 Å². The van der Waals surface area contributed by atoms with Gasteiger partial charge in [0.15, 0.2) is 0 Å². The Bertz CT molecular complexity index is 369. The first-order valence-electron chi connectivity index (χ1n) is 7.59. The first kappa shape index (κ1) is 14.9. The Balaban J connectivity index is 1.98. The maximum absolute atomic E-state index is 4.79. The molecule has 2 heterocycles. The van der Waals surface area contributed by atoms with Crippen LogP contribution in [0.1, 0.15) is 56.7 Å². The van der Waals surface area contributed by atoms with Crippen molar-refractivity contribution in [3.05, 3.63) is 16.1 Å². The minimum atomic E-state index is 0.553. The Morgan fingerprint density at radius 2 is 2.16 bits per heavy atom. The van der Waals surface area contributed by atoms with Crippen LogP contribution in [0.15, 0.2) is 5.38 Å². The Labute approximate surface area is 121 Å². The number of nitrogens with zero attached hydrogens (tertiary/aromatic N) is 2. The molecular formula is C15H27N3S. The summed E-state index contributed by atoms with van der Waals surface area (Å²) in [5, 5.41) is 6.98. The van der Waals surface area contributed by atoms with Crippen LogP contribution >= 0.6 is 11.3 Å². The third-order valence-electron chi connectivity index (χ3n) is 3.76. The van der Waals surface area contributed by atoms with E-state index in [0.717, 1.165) is 12.6 Å². The van der Waals surface area contributed by atoms with Crippen molar-refractivity contribution in [2.45, 2.75) is 58.5 Å². The number of thiazole rings is 1. The van der Waals surface area contributed by atoms with Gasteiger partial charge in [0.1, 0.15) is 0 Å². The number of hydrogen-bond acceptors (Lipinski definition) is 4. The van der Waals surface area contributed by atoms with Gasteiger partial charge >= 0.3 is 0 Å². The van der Waals surface area contributed by atoms with Crippen molar-refractivity contribution in [2.24, 2.45) is 0 Å². The number of hydrogen-bond donors (Lipinski definition) is 1. The molecule has 2 rings (SSSR count). The van der Waals surface area contributed by atoms with Gasteiger partial charge in [-0.05, 0) is 38.9 Å². The second-order valence-electron chi connectivity index (χ2n) is 5.78. The molecule has 0 spiro atoms. The summed E-state index contributed by atoms with van der Waals surface area (Å²) in [6, 6.07) is 0.741. The molecular weight excluding hydrogens is 254 g/mol. The van der Waals surface area contributed by atoms with Gasteiger partial charge in [0.25, 0.3) is 0 Å². The van der Waals surface area contributed by atoms with Gasteiger partial charge in [-0.2, -0.15) is 0 Å². The van der Waals surface area contributed by atoms with Gasteiger partial charge in [-0.15, -0.1) is 11.3 Å². The molecule has 1 aliphatic rings. The summed E-state index contributed by atoms with van der Waals surface area (Å²) >= 11 is 1.81. The van der Waals surface area contributed by atoms with Gasteiger partial charge in [0.2, 0.25) is 0 Å². The lowest BCUT2D eigenvalue weighted by Crippen LogP contribution is -2.43. The molecule has 19 heavy (non-hydrogen) atoms. The summed E-state index contributed by atoms with van der Waals surface area (Å²) in [7, 11) is 0. The maximum Gasteiger partial charge on any atom is 0.0954 e. The minimum Gasteiger partial charge on any atom is -0.317 e. The zero-order chi connectivity index (χ0) is 13.7. The fourth-order valence-electron chi connectivity index (χ4n) is 2.72. The zero-order valence-corrected chi connectivity index (χ0v) is 13.3. The highest BCUT2D eigenvalue weighted by molar-refractivity contribution is 7.09. The SMILES string of the molecule is CCCN(Cc1csc(C(C)C)n1)C1CCNCC1. The van der Waals surface area contributed by atoms with Crippen LogP contribution < -0.4 is 5.32 Å². The van der Waals surface area contributed by atoms with Crippen molar-refractivity contribution in [3.8, 4) is 0 Å². The van der Waals surface area contributed by atoms with Gasteiger partial charge in [-0.25, -0.2) is 4.98 Å². The van der Waals surface area contributed by atoms with E-state index in [4.69, 9.17) is 4.98 Å². The van der Waals surface area contributed by atoms with Crippen LogP contribution in [0.2, 0.25) is 0 Å². The van der Waals surface area contributed by atoms with E-state index in [1.807, 2.05) is 11.3 Å². The lowest BCUT2D eigenvalue weighted by Gasteiger charge is -2.34. The highest BCUT2D eigenvalue weighted by atomic mass is 32.1. The Kier molecular flexibility index (Phi) is 5.79. The van der Waals surface area contributed by atoms with Crippen LogP contribution in [-0.4, -0.2) is 35.6 Å². The van der Waals surface area contributed by atoms with Gasteiger partial charge in [0, 0.05) is 23.9 Å². The quantitative estimate of drug-likeness (QED) is 0.867. The number of aromatic nitrogens is 1. The third-order valence-corrected chi connectivity index (χ3v) is 4.96. The molecule has 0 aromatic carbocycles. The minimum absolute atomic E-state index is 0.553. The van der Waals surface area contributed by atoms with Crippen LogP contribution in [-0.2, 0) is 6.54 Å². The highest BCUT2D eigenvalue weighted by Gasteiger charge is 2.21. The van der Waals surface area contributed by atoms with E-state index in [0.29, 0.717) is 5.92 Å².